The lowest BCUT2D eigenvalue weighted by Gasteiger charge is -2.40. The largest absolute Gasteiger partial charge is 0.369 e. The second-order valence-electron chi connectivity index (χ2n) is 9.00. The van der Waals surface area contributed by atoms with Gasteiger partial charge in [0.1, 0.15) is 5.82 Å². The lowest BCUT2D eigenvalue weighted by molar-refractivity contribution is 0.182. The zero-order chi connectivity index (χ0) is 23.3. The van der Waals surface area contributed by atoms with Gasteiger partial charge in [0, 0.05) is 39.3 Å². The molecule has 0 spiro atoms. The van der Waals surface area contributed by atoms with E-state index in [1.165, 1.54) is 88.6 Å². The molecule has 0 radical (unpaired) electrons. The molecule has 3 heteroatoms. The Morgan fingerprint density at radius 2 is 0.742 bits per heavy atom. The highest BCUT2D eigenvalue weighted by Crippen LogP contribution is 2.24. The fourth-order valence-electron chi connectivity index (χ4n) is 3.98. The molecule has 0 saturated carbocycles. The lowest BCUT2D eigenvalue weighted by Crippen LogP contribution is -2.42. The molecule has 0 saturated heterocycles. The molecule has 0 heterocycles. The van der Waals surface area contributed by atoms with Crippen LogP contribution in [0.15, 0.2) is 24.2 Å². The third-order valence-corrected chi connectivity index (χ3v) is 6.05. The minimum atomic E-state index is 1.14. The van der Waals surface area contributed by atoms with Crippen LogP contribution < -0.4 is 0 Å². The highest BCUT2D eigenvalue weighted by Gasteiger charge is 2.23. The van der Waals surface area contributed by atoms with Gasteiger partial charge in [0.05, 0.1) is 5.70 Å². The van der Waals surface area contributed by atoms with E-state index < -0.39 is 0 Å². The fraction of sp³-hybridized carbons (Fsp3) is 0.857. The maximum atomic E-state index is 4.35. The van der Waals surface area contributed by atoms with Crippen molar-refractivity contribution in [3.05, 3.63) is 24.2 Å². The average Bonchev–Trinajstić information content (AvgIpc) is 2.79. The lowest BCUT2D eigenvalue weighted by atomic mass is 10.1. The summed E-state index contributed by atoms with van der Waals surface area (Å²) in [5, 5.41) is 0. The predicted molar refractivity (Wildman–Crippen MR) is 141 cm³/mol. The molecule has 3 nitrogen and oxygen atoms in total. The fourth-order valence-corrected chi connectivity index (χ4v) is 3.98. The van der Waals surface area contributed by atoms with Crippen LogP contribution in [-0.4, -0.2) is 54.0 Å². The van der Waals surface area contributed by atoms with Crippen LogP contribution in [0.25, 0.3) is 0 Å². The van der Waals surface area contributed by atoms with Gasteiger partial charge >= 0.3 is 0 Å². The number of hydrogen-bond donors (Lipinski definition) is 0. The van der Waals surface area contributed by atoms with Crippen LogP contribution in [0.5, 0.6) is 0 Å². The number of unbranched alkanes of at least 4 members (excludes halogenated alkanes) is 6. The summed E-state index contributed by atoms with van der Waals surface area (Å²) in [6.45, 7) is 25.2. The van der Waals surface area contributed by atoms with Crippen LogP contribution in [-0.2, 0) is 0 Å². The van der Waals surface area contributed by atoms with Crippen molar-refractivity contribution in [3.8, 4) is 0 Å². The minimum absolute atomic E-state index is 1.14. The van der Waals surface area contributed by atoms with Crippen LogP contribution in [0, 0.1) is 0 Å². The number of rotatable bonds is 22. The van der Waals surface area contributed by atoms with Crippen molar-refractivity contribution in [2.45, 2.75) is 119 Å². The Kier molecular flexibility index (Phi) is 20.0. The van der Waals surface area contributed by atoms with Crippen molar-refractivity contribution in [1.82, 2.24) is 14.7 Å². The molecule has 0 aromatic rings. The summed E-state index contributed by atoms with van der Waals surface area (Å²) >= 11 is 0. The zero-order valence-corrected chi connectivity index (χ0v) is 22.4. The van der Waals surface area contributed by atoms with E-state index in [9.17, 15) is 0 Å². The molecule has 31 heavy (non-hydrogen) atoms. The second-order valence-corrected chi connectivity index (χ2v) is 9.00. The summed E-state index contributed by atoms with van der Waals surface area (Å²) in [7, 11) is 0. The van der Waals surface area contributed by atoms with Crippen molar-refractivity contribution in [3.63, 3.8) is 0 Å². The van der Waals surface area contributed by atoms with E-state index in [1.807, 2.05) is 0 Å². The Morgan fingerprint density at radius 1 is 0.484 bits per heavy atom. The van der Waals surface area contributed by atoms with Crippen LogP contribution in [0.4, 0.5) is 0 Å². The van der Waals surface area contributed by atoms with E-state index in [2.05, 4.69) is 68.9 Å². The van der Waals surface area contributed by atoms with E-state index in [0.29, 0.717) is 0 Å². The van der Waals surface area contributed by atoms with Gasteiger partial charge < -0.3 is 14.7 Å². The molecule has 0 aliphatic rings. The molecule has 0 amide bonds. The quantitative estimate of drug-likeness (QED) is 0.159. The summed E-state index contributed by atoms with van der Waals surface area (Å²) in [5.74, 6) is 1.48. The number of allylic oxidation sites excluding steroid dienone is 1. The highest BCUT2D eigenvalue weighted by molar-refractivity contribution is 5.23. The average molecular weight is 436 g/mol. The first-order chi connectivity index (χ1) is 15.1. The first-order valence-electron chi connectivity index (χ1n) is 13.8. The van der Waals surface area contributed by atoms with Crippen molar-refractivity contribution >= 4 is 0 Å². The van der Waals surface area contributed by atoms with Crippen LogP contribution in [0.1, 0.15) is 119 Å². The molecule has 0 atom stereocenters. The van der Waals surface area contributed by atoms with Gasteiger partial charge in [0.15, 0.2) is 0 Å². The van der Waals surface area contributed by atoms with Gasteiger partial charge in [-0.05, 0) is 44.6 Å². The molecule has 0 aliphatic carbocycles. The Labute approximate surface area is 196 Å². The van der Waals surface area contributed by atoms with E-state index >= 15 is 0 Å². The first-order valence-corrected chi connectivity index (χ1v) is 13.8. The maximum absolute atomic E-state index is 4.35. The Morgan fingerprint density at radius 3 is 0.968 bits per heavy atom. The summed E-state index contributed by atoms with van der Waals surface area (Å²) in [4.78, 5) is 8.10. The maximum Gasteiger partial charge on any atom is 0.128 e. The monoisotopic (exact) mass is 435 g/mol. The molecule has 0 rings (SSSR count). The predicted octanol–water partition coefficient (Wildman–Crippen LogP) is 8.05. The van der Waals surface area contributed by atoms with Gasteiger partial charge in [0.2, 0.25) is 0 Å². The molecule has 0 fully saturated rings. The molecule has 0 N–H and O–H groups in total. The van der Waals surface area contributed by atoms with E-state index in [0.717, 1.165) is 39.3 Å². The molecule has 0 bridgehead atoms. The Hall–Kier alpha value is -1.12. The highest BCUT2D eigenvalue weighted by atomic mass is 15.3. The molecule has 0 aromatic heterocycles. The first kappa shape index (κ1) is 29.9. The van der Waals surface area contributed by atoms with Crippen LogP contribution in [0.2, 0.25) is 0 Å². The molecular weight excluding hydrogens is 378 g/mol. The zero-order valence-electron chi connectivity index (χ0n) is 22.4. The third kappa shape index (κ3) is 12.5. The van der Waals surface area contributed by atoms with Gasteiger partial charge in [0.25, 0.3) is 0 Å². The topological polar surface area (TPSA) is 9.72 Å². The third-order valence-electron chi connectivity index (χ3n) is 6.05. The molecule has 184 valence electrons. The van der Waals surface area contributed by atoms with Gasteiger partial charge in [-0.1, -0.05) is 86.6 Å². The molecule has 0 aromatic carbocycles. The van der Waals surface area contributed by atoms with Crippen molar-refractivity contribution in [1.29, 1.82) is 0 Å². The molecule has 0 aliphatic heterocycles. The normalized spacial score (nSPS) is 10.8. The standard InChI is InChI=1S/C28H57N3/c1-8-15-21-29(22-16-9-2)27(14-7)28(30(23-17-10-3)24-18-11-4)31(25-19-12-5)26-20-13-6/h14H,7-13,15-26H2,1-6H3. The van der Waals surface area contributed by atoms with E-state index in [4.69, 9.17) is 0 Å². The molecular formula is C28H57N3. The van der Waals surface area contributed by atoms with Crippen molar-refractivity contribution in [2.24, 2.45) is 0 Å². The van der Waals surface area contributed by atoms with Gasteiger partial charge in [-0.15, -0.1) is 0 Å². The molecule has 0 unspecified atom stereocenters. The summed E-state index contributed by atoms with van der Waals surface area (Å²) in [5.41, 5.74) is 1.39. The van der Waals surface area contributed by atoms with Crippen LogP contribution >= 0.6 is 0 Å². The Balaban J connectivity index is 6.38. The minimum Gasteiger partial charge on any atom is -0.369 e. The van der Waals surface area contributed by atoms with Gasteiger partial charge in [-0.25, -0.2) is 0 Å². The smallest absolute Gasteiger partial charge is 0.128 e. The SMILES string of the molecule is C=CC(=C(N(CCCC)CCCC)N(CCCC)CCCC)N(CCCC)CCCC. The van der Waals surface area contributed by atoms with Gasteiger partial charge in [-0.2, -0.15) is 0 Å². The number of nitrogens with zero attached hydrogens (tertiary/aromatic N) is 3. The summed E-state index contributed by atoms with van der Waals surface area (Å²) in [6, 6.07) is 0. The van der Waals surface area contributed by atoms with Gasteiger partial charge in [-0.3, -0.25) is 0 Å². The van der Waals surface area contributed by atoms with E-state index in [-0.39, 0.29) is 0 Å². The number of hydrogen-bond acceptors (Lipinski definition) is 3. The second kappa shape index (κ2) is 20.8. The van der Waals surface area contributed by atoms with Crippen molar-refractivity contribution in [2.75, 3.05) is 39.3 Å². The van der Waals surface area contributed by atoms with E-state index in [1.54, 1.807) is 0 Å². The summed E-state index contributed by atoms with van der Waals surface area (Å²) in [6.07, 6.45) is 17.2. The van der Waals surface area contributed by atoms with Crippen LogP contribution in [0.3, 0.4) is 0 Å². The van der Waals surface area contributed by atoms with Crippen molar-refractivity contribution < 1.29 is 0 Å². The Bertz CT molecular complexity index is 398. The summed E-state index contributed by atoms with van der Waals surface area (Å²) < 4.78 is 0.